The highest BCUT2D eigenvalue weighted by molar-refractivity contribution is 9.10. The highest BCUT2D eigenvalue weighted by atomic mass is 79.9. The molecule has 0 atom stereocenters. The summed E-state index contributed by atoms with van der Waals surface area (Å²) in [5.74, 6) is -0.385. The zero-order valence-corrected chi connectivity index (χ0v) is 19.2. The van der Waals surface area contributed by atoms with Crippen molar-refractivity contribution in [1.29, 1.82) is 0 Å². The number of likely N-dealkylation sites (tertiary alicyclic amines) is 1. The standard InChI is InChI=1S/C24H29BrN2O3/c1-3-22(28)27(21-12-8-11-20(25)17-21)24(23(29)30-4-2)13-15-26(16-14-24)18-19-9-6-5-7-10-19/h5-12,17H,3-4,13-16,18H2,1-2H3. The van der Waals surface area contributed by atoms with Gasteiger partial charge in [0.2, 0.25) is 5.91 Å². The smallest absolute Gasteiger partial charge is 0.332 e. The normalized spacial score (nSPS) is 16.1. The molecule has 0 radical (unpaired) electrons. The number of piperidine rings is 1. The second-order valence-corrected chi connectivity index (χ2v) is 8.49. The van der Waals surface area contributed by atoms with E-state index in [4.69, 9.17) is 4.74 Å². The molecule has 0 aromatic heterocycles. The molecule has 0 aliphatic carbocycles. The fraction of sp³-hybridized carbons (Fsp3) is 0.417. The van der Waals surface area contributed by atoms with Gasteiger partial charge in [0.05, 0.1) is 6.61 Å². The molecule has 0 N–H and O–H groups in total. The van der Waals surface area contributed by atoms with E-state index in [1.165, 1.54) is 5.56 Å². The van der Waals surface area contributed by atoms with Gasteiger partial charge in [-0.3, -0.25) is 14.6 Å². The van der Waals surface area contributed by atoms with Gasteiger partial charge in [-0.2, -0.15) is 0 Å². The highest BCUT2D eigenvalue weighted by Gasteiger charge is 2.50. The Kier molecular flexibility index (Phi) is 7.67. The number of nitrogens with zero attached hydrogens (tertiary/aromatic N) is 2. The molecule has 3 rings (SSSR count). The molecule has 6 heteroatoms. The molecule has 0 spiro atoms. The second-order valence-electron chi connectivity index (χ2n) is 7.58. The molecule has 1 heterocycles. The van der Waals surface area contributed by atoms with Crippen LogP contribution in [0.25, 0.3) is 0 Å². The van der Waals surface area contributed by atoms with Gasteiger partial charge >= 0.3 is 5.97 Å². The number of benzene rings is 2. The van der Waals surface area contributed by atoms with Crippen LogP contribution in [0.5, 0.6) is 0 Å². The number of halogens is 1. The Morgan fingerprint density at radius 1 is 1.07 bits per heavy atom. The lowest BCUT2D eigenvalue weighted by molar-refractivity contribution is -0.153. The first kappa shape index (κ1) is 22.5. The van der Waals surface area contributed by atoms with Crippen LogP contribution in [-0.4, -0.2) is 42.0 Å². The lowest BCUT2D eigenvalue weighted by Gasteiger charge is -2.46. The Morgan fingerprint density at radius 3 is 2.37 bits per heavy atom. The first-order chi connectivity index (χ1) is 14.5. The number of amides is 1. The van der Waals surface area contributed by atoms with Crippen LogP contribution < -0.4 is 4.90 Å². The van der Waals surface area contributed by atoms with Gasteiger partial charge in [0.15, 0.2) is 0 Å². The number of anilines is 1. The number of hydrogen-bond acceptors (Lipinski definition) is 4. The van der Waals surface area contributed by atoms with Crippen LogP contribution >= 0.6 is 15.9 Å². The van der Waals surface area contributed by atoms with Crippen molar-refractivity contribution in [1.82, 2.24) is 4.90 Å². The van der Waals surface area contributed by atoms with E-state index in [2.05, 4.69) is 33.0 Å². The summed E-state index contributed by atoms with van der Waals surface area (Å²) in [6.07, 6.45) is 1.40. The average Bonchev–Trinajstić information content (AvgIpc) is 2.76. The third-order valence-electron chi connectivity index (χ3n) is 5.63. The van der Waals surface area contributed by atoms with Gasteiger partial charge < -0.3 is 4.74 Å². The zero-order valence-electron chi connectivity index (χ0n) is 17.6. The van der Waals surface area contributed by atoms with E-state index in [1.807, 2.05) is 49.4 Å². The summed E-state index contributed by atoms with van der Waals surface area (Å²) in [6.45, 7) is 6.20. The summed E-state index contributed by atoms with van der Waals surface area (Å²) in [4.78, 5) is 30.4. The summed E-state index contributed by atoms with van der Waals surface area (Å²) in [7, 11) is 0. The second kappa shape index (κ2) is 10.2. The van der Waals surface area contributed by atoms with Crippen LogP contribution in [-0.2, 0) is 20.9 Å². The maximum absolute atomic E-state index is 13.3. The Bertz CT molecular complexity index is 864. The summed E-state index contributed by atoms with van der Waals surface area (Å²) >= 11 is 3.50. The maximum Gasteiger partial charge on any atom is 0.332 e. The molecule has 1 amide bonds. The monoisotopic (exact) mass is 472 g/mol. The van der Waals surface area contributed by atoms with Crippen molar-refractivity contribution in [3.8, 4) is 0 Å². The van der Waals surface area contributed by atoms with E-state index >= 15 is 0 Å². The minimum atomic E-state index is -0.989. The zero-order chi connectivity index (χ0) is 21.6. The van der Waals surface area contributed by atoms with Crippen molar-refractivity contribution in [2.24, 2.45) is 0 Å². The molecule has 0 bridgehead atoms. The highest BCUT2D eigenvalue weighted by Crippen LogP contribution is 2.36. The molecule has 0 unspecified atom stereocenters. The predicted molar refractivity (Wildman–Crippen MR) is 122 cm³/mol. The SMILES string of the molecule is CCOC(=O)C1(N(C(=O)CC)c2cccc(Br)c2)CCN(Cc2ccccc2)CC1. The Hall–Kier alpha value is -2.18. The number of carbonyl (C=O) groups excluding carboxylic acids is 2. The van der Waals surface area contributed by atoms with Gasteiger partial charge in [-0.25, -0.2) is 4.79 Å². The minimum absolute atomic E-state index is 0.0716. The topological polar surface area (TPSA) is 49.9 Å². The molecule has 0 saturated carbocycles. The van der Waals surface area contributed by atoms with Crippen molar-refractivity contribution in [2.75, 3.05) is 24.6 Å². The lowest BCUT2D eigenvalue weighted by Crippen LogP contribution is -2.62. The first-order valence-corrected chi connectivity index (χ1v) is 11.3. The van der Waals surface area contributed by atoms with Crippen LogP contribution in [0.15, 0.2) is 59.1 Å². The van der Waals surface area contributed by atoms with Crippen LogP contribution in [0.2, 0.25) is 0 Å². The predicted octanol–water partition coefficient (Wildman–Crippen LogP) is 4.79. The largest absolute Gasteiger partial charge is 0.464 e. The molecule has 30 heavy (non-hydrogen) atoms. The number of esters is 1. The molecule has 2 aromatic carbocycles. The van der Waals surface area contributed by atoms with Crippen molar-refractivity contribution in [2.45, 2.75) is 45.2 Å². The third kappa shape index (κ3) is 4.93. The van der Waals surface area contributed by atoms with E-state index in [0.717, 1.165) is 29.8 Å². The number of ether oxygens (including phenoxy) is 1. The van der Waals surface area contributed by atoms with Gasteiger partial charge in [0, 0.05) is 36.2 Å². The fourth-order valence-electron chi connectivity index (χ4n) is 4.11. The van der Waals surface area contributed by atoms with Gasteiger partial charge in [0.1, 0.15) is 5.54 Å². The molecular weight excluding hydrogens is 444 g/mol. The quantitative estimate of drug-likeness (QED) is 0.543. The van der Waals surface area contributed by atoms with Gasteiger partial charge in [-0.1, -0.05) is 59.3 Å². The number of rotatable bonds is 7. The van der Waals surface area contributed by atoms with E-state index in [-0.39, 0.29) is 11.9 Å². The molecular formula is C24H29BrN2O3. The maximum atomic E-state index is 13.3. The van der Waals surface area contributed by atoms with Crippen LogP contribution in [0.1, 0.15) is 38.7 Å². The minimum Gasteiger partial charge on any atom is -0.464 e. The summed E-state index contributed by atoms with van der Waals surface area (Å²) in [5.41, 5.74) is 0.979. The molecule has 5 nitrogen and oxygen atoms in total. The molecule has 160 valence electrons. The average molecular weight is 473 g/mol. The molecule has 1 aliphatic heterocycles. The molecule has 1 fully saturated rings. The van der Waals surface area contributed by atoms with Gasteiger partial charge in [-0.05, 0) is 43.5 Å². The van der Waals surface area contributed by atoms with E-state index < -0.39 is 5.54 Å². The lowest BCUT2D eigenvalue weighted by atomic mass is 9.84. The summed E-state index contributed by atoms with van der Waals surface area (Å²) in [5, 5.41) is 0. The van der Waals surface area contributed by atoms with Crippen LogP contribution in [0, 0.1) is 0 Å². The Labute approximate surface area is 187 Å². The Balaban J connectivity index is 1.91. The number of carbonyl (C=O) groups is 2. The number of hydrogen-bond donors (Lipinski definition) is 0. The fourth-order valence-corrected chi connectivity index (χ4v) is 4.50. The van der Waals surface area contributed by atoms with Crippen molar-refractivity contribution in [3.63, 3.8) is 0 Å². The molecule has 1 aliphatic rings. The van der Waals surface area contributed by atoms with Crippen molar-refractivity contribution >= 4 is 33.5 Å². The van der Waals surface area contributed by atoms with Gasteiger partial charge in [-0.15, -0.1) is 0 Å². The van der Waals surface area contributed by atoms with E-state index in [0.29, 0.717) is 25.9 Å². The summed E-state index contributed by atoms with van der Waals surface area (Å²) < 4.78 is 6.37. The van der Waals surface area contributed by atoms with E-state index in [9.17, 15) is 9.59 Å². The third-order valence-corrected chi connectivity index (χ3v) is 6.13. The van der Waals surface area contributed by atoms with Crippen LogP contribution in [0.3, 0.4) is 0 Å². The van der Waals surface area contributed by atoms with Crippen molar-refractivity contribution < 1.29 is 14.3 Å². The van der Waals surface area contributed by atoms with E-state index in [1.54, 1.807) is 11.8 Å². The first-order valence-electron chi connectivity index (χ1n) is 10.5. The van der Waals surface area contributed by atoms with Crippen LogP contribution in [0.4, 0.5) is 5.69 Å². The van der Waals surface area contributed by atoms with Crippen molar-refractivity contribution in [3.05, 3.63) is 64.6 Å². The summed E-state index contributed by atoms with van der Waals surface area (Å²) in [6, 6.07) is 17.9. The molecule has 2 aromatic rings. The molecule has 1 saturated heterocycles. The van der Waals surface area contributed by atoms with Gasteiger partial charge in [0.25, 0.3) is 0 Å². The Morgan fingerprint density at radius 2 is 1.77 bits per heavy atom.